The Balaban J connectivity index is 1.81. The summed E-state index contributed by atoms with van der Waals surface area (Å²) in [6, 6.07) is 9.68. The zero-order chi connectivity index (χ0) is 14.4. The summed E-state index contributed by atoms with van der Waals surface area (Å²) in [7, 11) is 0. The van der Waals surface area contributed by atoms with E-state index in [0.717, 1.165) is 11.4 Å². The van der Waals surface area contributed by atoms with Gasteiger partial charge in [0.2, 0.25) is 0 Å². The highest BCUT2D eigenvalue weighted by atomic mass is 16.5. The van der Waals surface area contributed by atoms with Crippen LogP contribution in [0.25, 0.3) is 0 Å². The number of benzene rings is 1. The van der Waals surface area contributed by atoms with Crippen LogP contribution in [0.4, 0.5) is 0 Å². The second kappa shape index (κ2) is 6.52. The van der Waals surface area contributed by atoms with Crippen molar-refractivity contribution < 1.29 is 9.84 Å². The number of nitrogens with zero attached hydrogens (tertiary/aromatic N) is 3. The van der Waals surface area contributed by atoms with Crippen LogP contribution in [0.5, 0.6) is 5.75 Å². The SMILES string of the molecule is CCC(C)(O)Cc1cn(CCOc2ccccc2)nn1. The van der Waals surface area contributed by atoms with Crippen LogP contribution in [-0.2, 0) is 13.0 Å². The second-order valence-electron chi connectivity index (χ2n) is 5.16. The van der Waals surface area contributed by atoms with Crippen molar-refractivity contribution in [3.8, 4) is 5.75 Å². The molecule has 2 aromatic rings. The minimum absolute atomic E-state index is 0.517. The molecule has 0 saturated heterocycles. The summed E-state index contributed by atoms with van der Waals surface area (Å²) in [5.74, 6) is 0.849. The predicted molar refractivity (Wildman–Crippen MR) is 76.6 cm³/mol. The van der Waals surface area contributed by atoms with Gasteiger partial charge < -0.3 is 9.84 Å². The predicted octanol–water partition coefficient (Wildman–Crippen LogP) is 2.06. The van der Waals surface area contributed by atoms with Crippen molar-refractivity contribution >= 4 is 0 Å². The summed E-state index contributed by atoms with van der Waals surface area (Å²) in [6.45, 7) is 4.94. The van der Waals surface area contributed by atoms with Gasteiger partial charge in [-0.15, -0.1) is 5.10 Å². The van der Waals surface area contributed by atoms with E-state index >= 15 is 0 Å². The van der Waals surface area contributed by atoms with Gasteiger partial charge in [-0.25, -0.2) is 4.68 Å². The Morgan fingerprint density at radius 3 is 2.75 bits per heavy atom. The molecule has 1 heterocycles. The van der Waals surface area contributed by atoms with E-state index in [4.69, 9.17) is 4.74 Å². The average molecular weight is 275 g/mol. The van der Waals surface area contributed by atoms with E-state index in [1.165, 1.54) is 0 Å². The van der Waals surface area contributed by atoms with Gasteiger partial charge in [0, 0.05) is 12.6 Å². The second-order valence-corrected chi connectivity index (χ2v) is 5.16. The van der Waals surface area contributed by atoms with Gasteiger partial charge in [0.15, 0.2) is 0 Å². The molecule has 5 heteroatoms. The van der Waals surface area contributed by atoms with Crippen LogP contribution in [0.3, 0.4) is 0 Å². The van der Waals surface area contributed by atoms with Gasteiger partial charge in [-0.1, -0.05) is 30.3 Å². The summed E-state index contributed by atoms with van der Waals surface area (Å²) < 4.78 is 7.34. The van der Waals surface area contributed by atoms with Gasteiger partial charge in [0.05, 0.1) is 17.8 Å². The number of aliphatic hydroxyl groups is 1. The van der Waals surface area contributed by atoms with E-state index in [-0.39, 0.29) is 0 Å². The zero-order valence-corrected chi connectivity index (χ0v) is 12.0. The van der Waals surface area contributed by atoms with Crippen LogP contribution < -0.4 is 4.74 Å². The maximum Gasteiger partial charge on any atom is 0.119 e. The normalized spacial score (nSPS) is 13.9. The largest absolute Gasteiger partial charge is 0.492 e. The fourth-order valence-electron chi connectivity index (χ4n) is 1.82. The molecular formula is C15H21N3O2. The van der Waals surface area contributed by atoms with Gasteiger partial charge in [0.1, 0.15) is 12.4 Å². The molecule has 0 saturated carbocycles. The Morgan fingerprint density at radius 1 is 1.30 bits per heavy atom. The molecule has 1 unspecified atom stereocenters. The summed E-state index contributed by atoms with van der Waals surface area (Å²) >= 11 is 0. The van der Waals surface area contributed by atoms with Crippen LogP contribution in [0.15, 0.2) is 36.5 Å². The van der Waals surface area contributed by atoms with Gasteiger partial charge in [-0.3, -0.25) is 0 Å². The molecule has 0 amide bonds. The number of ether oxygens (including phenoxy) is 1. The number of aromatic nitrogens is 3. The Hall–Kier alpha value is -1.88. The lowest BCUT2D eigenvalue weighted by molar-refractivity contribution is 0.0554. The molecule has 5 nitrogen and oxygen atoms in total. The van der Waals surface area contributed by atoms with Crippen LogP contribution in [0.1, 0.15) is 26.0 Å². The van der Waals surface area contributed by atoms with Gasteiger partial charge in [-0.05, 0) is 25.5 Å². The molecule has 0 bridgehead atoms. The van der Waals surface area contributed by atoms with Crippen molar-refractivity contribution in [2.24, 2.45) is 0 Å². The van der Waals surface area contributed by atoms with Crippen molar-refractivity contribution in [1.29, 1.82) is 0 Å². The van der Waals surface area contributed by atoms with Gasteiger partial charge in [-0.2, -0.15) is 0 Å². The molecule has 0 aliphatic carbocycles. The van der Waals surface area contributed by atoms with Gasteiger partial charge in [0.25, 0.3) is 0 Å². The third-order valence-electron chi connectivity index (χ3n) is 3.24. The fraction of sp³-hybridized carbons (Fsp3) is 0.467. The maximum atomic E-state index is 10.0. The molecular weight excluding hydrogens is 254 g/mol. The highest BCUT2D eigenvalue weighted by Gasteiger charge is 2.19. The zero-order valence-electron chi connectivity index (χ0n) is 12.0. The topological polar surface area (TPSA) is 60.2 Å². The van der Waals surface area contributed by atoms with E-state index in [9.17, 15) is 5.11 Å². The van der Waals surface area contributed by atoms with Crippen LogP contribution in [0, 0.1) is 0 Å². The summed E-state index contributed by atoms with van der Waals surface area (Å²) in [5.41, 5.74) is 0.0815. The van der Waals surface area contributed by atoms with Gasteiger partial charge >= 0.3 is 0 Å². The third kappa shape index (κ3) is 4.35. The number of hydrogen-bond donors (Lipinski definition) is 1. The Labute approximate surface area is 119 Å². The number of para-hydroxylation sites is 1. The Kier molecular flexibility index (Phi) is 4.74. The molecule has 0 aliphatic heterocycles. The monoisotopic (exact) mass is 275 g/mol. The molecule has 1 atom stereocenters. The van der Waals surface area contributed by atoms with Crippen molar-refractivity contribution in [3.63, 3.8) is 0 Å². The Bertz CT molecular complexity index is 523. The average Bonchev–Trinajstić information content (AvgIpc) is 2.87. The van der Waals surface area contributed by atoms with E-state index in [2.05, 4.69) is 10.3 Å². The van der Waals surface area contributed by atoms with Crippen LogP contribution in [0.2, 0.25) is 0 Å². The van der Waals surface area contributed by atoms with E-state index in [1.54, 1.807) is 4.68 Å². The van der Waals surface area contributed by atoms with Crippen molar-refractivity contribution in [2.45, 2.75) is 38.8 Å². The van der Waals surface area contributed by atoms with E-state index < -0.39 is 5.60 Å². The smallest absolute Gasteiger partial charge is 0.119 e. The molecule has 1 aromatic heterocycles. The first kappa shape index (κ1) is 14.5. The summed E-state index contributed by atoms with van der Waals surface area (Å²) in [6.07, 6.45) is 3.07. The fourth-order valence-corrected chi connectivity index (χ4v) is 1.82. The lowest BCUT2D eigenvalue weighted by Crippen LogP contribution is -2.25. The number of rotatable bonds is 7. The van der Waals surface area contributed by atoms with Crippen molar-refractivity contribution in [2.75, 3.05) is 6.61 Å². The minimum Gasteiger partial charge on any atom is -0.492 e. The highest BCUT2D eigenvalue weighted by Crippen LogP contribution is 2.14. The quantitative estimate of drug-likeness (QED) is 0.840. The first-order chi connectivity index (χ1) is 9.59. The molecule has 0 aliphatic rings. The van der Waals surface area contributed by atoms with Crippen LogP contribution >= 0.6 is 0 Å². The molecule has 1 N–H and O–H groups in total. The molecule has 0 fully saturated rings. The standard InChI is InChI=1S/C15H21N3O2/c1-3-15(2,19)11-13-12-18(17-16-13)9-10-20-14-7-5-4-6-8-14/h4-8,12,19H,3,9-11H2,1-2H3. The van der Waals surface area contributed by atoms with E-state index in [1.807, 2.05) is 50.4 Å². The minimum atomic E-state index is -0.721. The first-order valence-corrected chi connectivity index (χ1v) is 6.88. The lowest BCUT2D eigenvalue weighted by atomic mass is 9.98. The first-order valence-electron chi connectivity index (χ1n) is 6.88. The third-order valence-corrected chi connectivity index (χ3v) is 3.24. The molecule has 1 aromatic carbocycles. The summed E-state index contributed by atoms with van der Waals surface area (Å²) in [4.78, 5) is 0. The molecule has 0 radical (unpaired) electrons. The Morgan fingerprint density at radius 2 is 2.05 bits per heavy atom. The van der Waals surface area contributed by atoms with Crippen LogP contribution in [-0.4, -0.2) is 32.3 Å². The molecule has 108 valence electrons. The van der Waals surface area contributed by atoms with Crippen molar-refractivity contribution in [3.05, 3.63) is 42.2 Å². The summed E-state index contributed by atoms with van der Waals surface area (Å²) in [5, 5.41) is 18.1. The van der Waals surface area contributed by atoms with Crippen molar-refractivity contribution in [1.82, 2.24) is 15.0 Å². The number of hydrogen-bond acceptors (Lipinski definition) is 4. The molecule has 2 rings (SSSR count). The maximum absolute atomic E-state index is 10.0. The highest BCUT2D eigenvalue weighted by molar-refractivity contribution is 5.20. The molecule has 20 heavy (non-hydrogen) atoms. The van der Waals surface area contributed by atoms with E-state index in [0.29, 0.717) is 26.0 Å². The lowest BCUT2D eigenvalue weighted by Gasteiger charge is -2.18. The molecule has 0 spiro atoms.